The maximum absolute atomic E-state index is 10.4. The van der Waals surface area contributed by atoms with Gasteiger partial charge in [0.2, 0.25) is 5.95 Å². The maximum Gasteiger partial charge on any atom is 0.203 e. The molecular weight excluding hydrogens is 292 g/mol. The molecule has 7 heteroatoms. The second kappa shape index (κ2) is 5.66. The van der Waals surface area contributed by atoms with E-state index in [4.69, 9.17) is 0 Å². The summed E-state index contributed by atoms with van der Waals surface area (Å²) in [6.45, 7) is 0.842. The van der Waals surface area contributed by atoms with Gasteiger partial charge in [0.1, 0.15) is 5.52 Å². The highest BCUT2D eigenvalue weighted by atomic mass is 16.3. The summed E-state index contributed by atoms with van der Waals surface area (Å²) in [5.41, 5.74) is 1.89. The van der Waals surface area contributed by atoms with Gasteiger partial charge in [0.05, 0.1) is 23.9 Å². The number of aliphatic hydroxyl groups excluding tert-OH is 1. The SMILES string of the molecule is Cn1c(N[C@@H]2CC(Cn3cccn3)C[C@H]2O)nc2cnccc21. The van der Waals surface area contributed by atoms with Gasteiger partial charge < -0.3 is 15.0 Å². The molecule has 1 aliphatic carbocycles. The fourth-order valence-corrected chi connectivity index (χ4v) is 3.44. The van der Waals surface area contributed by atoms with E-state index in [1.807, 2.05) is 34.6 Å². The molecule has 0 saturated heterocycles. The smallest absolute Gasteiger partial charge is 0.203 e. The van der Waals surface area contributed by atoms with Crippen LogP contribution in [0.5, 0.6) is 0 Å². The molecule has 0 aromatic carbocycles. The van der Waals surface area contributed by atoms with Gasteiger partial charge >= 0.3 is 0 Å². The molecule has 1 saturated carbocycles. The summed E-state index contributed by atoms with van der Waals surface area (Å²) in [5.74, 6) is 1.19. The molecule has 0 aliphatic heterocycles. The summed E-state index contributed by atoms with van der Waals surface area (Å²) in [4.78, 5) is 8.68. The van der Waals surface area contributed by atoms with Crippen molar-refractivity contribution in [1.82, 2.24) is 24.3 Å². The fraction of sp³-hybridized carbons (Fsp3) is 0.438. The van der Waals surface area contributed by atoms with Crippen LogP contribution in [0.2, 0.25) is 0 Å². The third-order valence-electron chi connectivity index (χ3n) is 4.63. The lowest BCUT2D eigenvalue weighted by Crippen LogP contribution is -2.29. The molecule has 1 aliphatic rings. The number of pyridine rings is 1. The number of hydrogen-bond acceptors (Lipinski definition) is 5. The summed E-state index contributed by atoms with van der Waals surface area (Å²) < 4.78 is 3.94. The van der Waals surface area contributed by atoms with Crippen molar-refractivity contribution < 1.29 is 5.11 Å². The monoisotopic (exact) mass is 312 g/mol. The highest BCUT2D eigenvalue weighted by Crippen LogP contribution is 2.30. The number of rotatable bonds is 4. The minimum atomic E-state index is -0.367. The number of imidazole rings is 1. The quantitative estimate of drug-likeness (QED) is 0.761. The zero-order chi connectivity index (χ0) is 15.8. The van der Waals surface area contributed by atoms with E-state index >= 15 is 0 Å². The van der Waals surface area contributed by atoms with Crippen LogP contribution in [0.1, 0.15) is 12.8 Å². The highest BCUT2D eigenvalue weighted by molar-refractivity contribution is 5.77. The number of fused-ring (bicyclic) bond motifs is 1. The van der Waals surface area contributed by atoms with Crippen LogP contribution in [-0.2, 0) is 13.6 Å². The van der Waals surface area contributed by atoms with Crippen molar-refractivity contribution >= 4 is 17.0 Å². The molecule has 3 heterocycles. The Morgan fingerprint density at radius 3 is 3.04 bits per heavy atom. The molecular formula is C16H20N6O. The van der Waals surface area contributed by atoms with Gasteiger partial charge in [-0.1, -0.05) is 0 Å². The van der Waals surface area contributed by atoms with Crippen molar-refractivity contribution in [2.45, 2.75) is 31.5 Å². The molecule has 0 spiro atoms. The average Bonchev–Trinajstić information content (AvgIpc) is 3.23. The summed E-state index contributed by atoms with van der Waals surface area (Å²) in [7, 11) is 1.97. The van der Waals surface area contributed by atoms with E-state index in [0.29, 0.717) is 5.92 Å². The molecule has 2 N–H and O–H groups in total. The summed E-state index contributed by atoms with van der Waals surface area (Å²) in [6.07, 6.45) is 8.59. The molecule has 3 atom stereocenters. The molecule has 7 nitrogen and oxygen atoms in total. The van der Waals surface area contributed by atoms with Crippen molar-refractivity contribution in [3.63, 3.8) is 0 Å². The van der Waals surface area contributed by atoms with Crippen molar-refractivity contribution in [1.29, 1.82) is 0 Å². The molecule has 0 radical (unpaired) electrons. The summed E-state index contributed by atoms with van der Waals surface area (Å²) >= 11 is 0. The highest BCUT2D eigenvalue weighted by Gasteiger charge is 2.34. The van der Waals surface area contributed by atoms with Crippen molar-refractivity contribution in [2.75, 3.05) is 5.32 Å². The third kappa shape index (κ3) is 2.68. The number of aliphatic hydroxyl groups is 1. The van der Waals surface area contributed by atoms with Gasteiger partial charge in [-0.05, 0) is 30.9 Å². The van der Waals surface area contributed by atoms with E-state index in [1.54, 1.807) is 18.6 Å². The number of nitrogens with zero attached hydrogens (tertiary/aromatic N) is 5. The second-order valence-corrected chi connectivity index (χ2v) is 6.24. The summed E-state index contributed by atoms with van der Waals surface area (Å²) in [6, 6.07) is 3.88. The number of anilines is 1. The van der Waals surface area contributed by atoms with Gasteiger partial charge in [-0.2, -0.15) is 5.10 Å². The Hall–Kier alpha value is -2.41. The van der Waals surface area contributed by atoms with Crippen LogP contribution in [-0.4, -0.2) is 41.6 Å². The van der Waals surface area contributed by atoms with Gasteiger partial charge in [0.25, 0.3) is 0 Å². The zero-order valence-electron chi connectivity index (χ0n) is 13.0. The number of hydrogen-bond donors (Lipinski definition) is 2. The lowest BCUT2D eigenvalue weighted by molar-refractivity contribution is 0.165. The Balaban J connectivity index is 1.48. The third-order valence-corrected chi connectivity index (χ3v) is 4.63. The first-order chi connectivity index (χ1) is 11.2. The van der Waals surface area contributed by atoms with Gasteiger partial charge in [-0.15, -0.1) is 0 Å². The Bertz CT molecular complexity index is 796. The lowest BCUT2D eigenvalue weighted by Gasteiger charge is -2.17. The Morgan fingerprint density at radius 1 is 1.35 bits per heavy atom. The first kappa shape index (κ1) is 14.2. The standard InChI is InChI=1S/C16H20N6O/c1-21-14-3-5-17-9-13(14)20-16(21)19-12-7-11(8-15(12)23)10-22-6-2-4-18-22/h2-6,9,11-12,15,23H,7-8,10H2,1H3,(H,19,20)/t11?,12-,15-/m1/s1. The molecule has 3 aromatic rings. The van der Waals surface area contributed by atoms with Gasteiger partial charge in [0, 0.05) is 32.2 Å². The van der Waals surface area contributed by atoms with Gasteiger partial charge in [-0.3, -0.25) is 9.67 Å². The predicted molar refractivity (Wildman–Crippen MR) is 86.9 cm³/mol. The first-order valence-electron chi connectivity index (χ1n) is 7.89. The molecule has 3 aromatic heterocycles. The van der Waals surface area contributed by atoms with E-state index in [1.165, 1.54) is 0 Å². The maximum atomic E-state index is 10.4. The van der Waals surface area contributed by atoms with Gasteiger partial charge in [0.15, 0.2) is 0 Å². The lowest BCUT2D eigenvalue weighted by atomic mass is 10.1. The largest absolute Gasteiger partial charge is 0.391 e. The Labute approximate surface area is 134 Å². The van der Waals surface area contributed by atoms with Crippen LogP contribution in [0.3, 0.4) is 0 Å². The number of aromatic nitrogens is 5. The van der Waals surface area contributed by atoms with E-state index in [-0.39, 0.29) is 12.1 Å². The van der Waals surface area contributed by atoms with Crippen LogP contribution in [0, 0.1) is 5.92 Å². The number of aryl methyl sites for hydroxylation is 1. The predicted octanol–water partition coefficient (Wildman–Crippen LogP) is 1.42. The topological polar surface area (TPSA) is 80.8 Å². The fourth-order valence-electron chi connectivity index (χ4n) is 3.44. The van der Waals surface area contributed by atoms with Crippen LogP contribution in [0.25, 0.3) is 11.0 Å². The van der Waals surface area contributed by atoms with E-state index < -0.39 is 0 Å². The molecule has 1 unspecified atom stereocenters. The minimum Gasteiger partial charge on any atom is -0.391 e. The van der Waals surface area contributed by atoms with Crippen LogP contribution < -0.4 is 5.32 Å². The molecule has 23 heavy (non-hydrogen) atoms. The molecule has 0 amide bonds. The van der Waals surface area contributed by atoms with Crippen LogP contribution in [0.4, 0.5) is 5.95 Å². The van der Waals surface area contributed by atoms with Crippen LogP contribution >= 0.6 is 0 Å². The molecule has 120 valence electrons. The van der Waals surface area contributed by atoms with E-state index in [9.17, 15) is 5.11 Å². The van der Waals surface area contributed by atoms with Crippen molar-refractivity contribution in [2.24, 2.45) is 13.0 Å². The normalized spacial score (nSPS) is 24.3. The molecule has 0 bridgehead atoms. The van der Waals surface area contributed by atoms with Crippen molar-refractivity contribution in [3.05, 3.63) is 36.9 Å². The second-order valence-electron chi connectivity index (χ2n) is 6.24. The van der Waals surface area contributed by atoms with Crippen LogP contribution in [0.15, 0.2) is 36.9 Å². The average molecular weight is 312 g/mol. The summed E-state index contributed by atoms with van der Waals surface area (Å²) in [5, 5.41) is 18.0. The van der Waals surface area contributed by atoms with Gasteiger partial charge in [-0.25, -0.2) is 4.98 Å². The molecule has 1 fully saturated rings. The Morgan fingerprint density at radius 2 is 2.26 bits per heavy atom. The van der Waals surface area contributed by atoms with Crippen molar-refractivity contribution in [3.8, 4) is 0 Å². The van der Waals surface area contributed by atoms with E-state index in [0.717, 1.165) is 36.4 Å². The first-order valence-corrected chi connectivity index (χ1v) is 7.89. The Kier molecular flexibility index (Phi) is 3.49. The zero-order valence-corrected chi connectivity index (χ0v) is 13.0. The van der Waals surface area contributed by atoms with E-state index in [2.05, 4.69) is 20.4 Å². The number of nitrogens with one attached hydrogen (secondary N) is 1. The minimum absolute atomic E-state index is 0.0130. The molecule has 4 rings (SSSR count).